The third-order valence-corrected chi connectivity index (χ3v) is 9.19. The molecule has 0 fully saturated rings. The molecule has 10 heteroatoms. The number of methoxy groups -OCH3 is 1. The zero-order valence-electron chi connectivity index (χ0n) is 21.0. The second kappa shape index (κ2) is 8.37. The number of carbonyl (C=O) groups is 1. The lowest BCUT2D eigenvalue weighted by Gasteiger charge is -2.21. The standard InChI is InChI=1S/C25H29N6O2S2/c1-14-19(12-34-35-23-29-26-13-30(23)6)31(9-8-20(14)33-7)22-27-17-10-15-16(11-18(17)28-22)25(4,5)21(32)24(15,2)3/h8-11,13H,12H2,1-7H3,(H,27,28)/q+1. The van der Waals surface area contributed by atoms with E-state index in [1.807, 2.05) is 51.6 Å². The molecule has 0 saturated carbocycles. The number of hydrogen-bond acceptors (Lipinski definition) is 7. The van der Waals surface area contributed by atoms with Crippen molar-refractivity contribution in [3.05, 3.63) is 53.1 Å². The molecule has 1 aliphatic carbocycles. The monoisotopic (exact) mass is 509 g/mol. The van der Waals surface area contributed by atoms with Crippen LogP contribution in [0.25, 0.3) is 17.0 Å². The van der Waals surface area contributed by atoms with E-state index >= 15 is 0 Å². The zero-order chi connectivity index (χ0) is 25.1. The fourth-order valence-corrected chi connectivity index (χ4v) is 7.14. The minimum atomic E-state index is -0.533. The number of imidazole rings is 1. The number of nitrogens with one attached hydrogen (secondary N) is 1. The number of aromatic amines is 1. The quantitative estimate of drug-likeness (QED) is 0.305. The Bertz CT molecular complexity index is 1420. The van der Waals surface area contributed by atoms with Crippen LogP contribution in [0.1, 0.15) is 50.1 Å². The van der Waals surface area contributed by atoms with Crippen LogP contribution in [0.3, 0.4) is 0 Å². The van der Waals surface area contributed by atoms with Gasteiger partial charge in [-0.05, 0) is 68.7 Å². The van der Waals surface area contributed by atoms with Crippen LogP contribution >= 0.6 is 21.6 Å². The number of aromatic nitrogens is 6. The molecule has 0 atom stereocenters. The summed E-state index contributed by atoms with van der Waals surface area (Å²) < 4.78 is 9.57. The van der Waals surface area contributed by atoms with Crippen molar-refractivity contribution in [1.29, 1.82) is 0 Å². The topological polar surface area (TPSA) is 89.6 Å². The van der Waals surface area contributed by atoms with Gasteiger partial charge in [0.1, 0.15) is 23.3 Å². The Labute approximate surface area is 212 Å². The van der Waals surface area contributed by atoms with E-state index in [1.165, 1.54) is 0 Å². The van der Waals surface area contributed by atoms with Gasteiger partial charge in [0, 0.05) is 29.5 Å². The van der Waals surface area contributed by atoms with E-state index in [9.17, 15) is 4.79 Å². The number of ketones is 1. The van der Waals surface area contributed by atoms with E-state index in [2.05, 4.69) is 38.8 Å². The van der Waals surface area contributed by atoms with Crippen molar-refractivity contribution in [2.24, 2.45) is 7.05 Å². The Kier molecular flexibility index (Phi) is 5.71. The minimum Gasteiger partial charge on any atom is -0.496 e. The summed E-state index contributed by atoms with van der Waals surface area (Å²) in [4.78, 5) is 21.5. The number of nitrogens with zero attached hydrogens (tertiary/aromatic N) is 5. The molecule has 0 bridgehead atoms. The van der Waals surface area contributed by atoms with Gasteiger partial charge in [-0.3, -0.25) is 4.79 Å². The summed E-state index contributed by atoms with van der Waals surface area (Å²) in [5, 5.41) is 8.95. The van der Waals surface area contributed by atoms with Gasteiger partial charge >= 0.3 is 5.95 Å². The second-order valence-electron chi connectivity index (χ2n) is 9.95. The lowest BCUT2D eigenvalue weighted by Crippen LogP contribution is -2.37. The lowest BCUT2D eigenvalue weighted by atomic mass is 9.80. The molecule has 3 heterocycles. The number of ether oxygens (including phenoxy) is 1. The number of benzene rings is 1. The highest BCUT2D eigenvalue weighted by atomic mass is 33.1. The van der Waals surface area contributed by atoms with Gasteiger partial charge in [0.25, 0.3) is 0 Å². The van der Waals surface area contributed by atoms with E-state index in [1.54, 1.807) is 35.0 Å². The Morgan fingerprint density at radius 3 is 2.54 bits per heavy atom. The maximum atomic E-state index is 13.1. The molecule has 0 saturated heterocycles. The van der Waals surface area contributed by atoms with Gasteiger partial charge in [0.05, 0.1) is 19.1 Å². The molecule has 0 amide bonds. The van der Waals surface area contributed by atoms with Crippen molar-refractivity contribution >= 4 is 38.4 Å². The van der Waals surface area contributed by atoms with Gasteiger partial charge in [-0.1, -0.05) is 15.8 Å². The highest BCUT2D eigenvalue weighted by molar-refractivity contribution is 8.76. The molecule has 1 N–H and O–H groups in total. The maximum absolute atomic E-state index is 13.1. The van der Waals surface area contributed by atoms with Crippen LogP contribution in [0.2, 0.25) is 0 Å². The number of pyridine rings is 1. The predicted molar refractivity (Wildman–Crippen MR) is 138 cm³/mol. The molecule has 3 aromatic heterocycles. The summed E-state index contributed by atoms with van der Waals surface area (Å²) in [6.07, 6.45) is 3.68. The Hall–Kier alpha value is -2.85. The van der Waals surface area contributed by atoms with Crippen LogP contribution in [0.15, 0.2) is 35.9 Å². The molecule has 0 aliphatic heterocycles. The molecule has 1 aromatic carbocycles. The number of Topliss-reactive ketones (excluding diaryl/α,β-unsaturated/α-hetero) is 1. The first kappa shape index (κ1) is 23.9. The van der Waals surface area contributed by atoms with Gasteiger partial charge in [0.2, 0.25) is 5.16 Å². The first-order valence-corrected chi connectivity index (χ1v) is 13.7. The first-order chi connectivity index (χ1) is 16.6. The number of rotatable bonds is 6. The molecule has 35 heavy (non-hydrogen) atoms. The van der Waals surface area contributed by atoms with Crippen LogP contribution in [0.5, 0.6) is 5.75 Å². The number of carbonyl (C=O) groups excluding carboxylic acids is 1. The molecule has 5 rings (SSSR count). The third kappa shape index (κ3) is 3.74. The fourth-order valence-electron chi connectivity index (χ4n) is 4.98. The molecule has 1 aliphatic rings. The molecule has 8 nitrogen and oxygen atoms in total. The minimum absolute atomic E-state index is 0.243. The maximum Gasteiger partial charge on any atom is 0.402 e. The summed E-state index contributed by atoms with van der Waals surface area (Å²) in [7, 11) is 6.88. The SMILES string of the molecule is COc1cc[n+](-c2nc3cc4c(cc3[nH]2)C(C)(C)C(=O)C4(C)C)c(CSSc2nncn2C)c1C. The summed E-state index contributed by atoms with van der Waals surface area (Å²) in [5.41, 5.74) is 4.97. The second-order valence-corrected chi connectivity index (χ2v) is 12.2. The van der Waals surface area contributed by atoms with E-state index in [0.29, 0.717) is 5.75 Å². The molecule has 0 radical (unpaired) electrons. The summed E-state index contributed by atoms with van der Waals surface area (Å²) in [5.74, 6) is 2.52. The molecule has 0 spiro atoms. The predicted octanol–water partition coefficient (Wildman–Crippen LogP) is 4.36. The lowest BCUT2D eigenvalue weighted by molar-refractivity contribution is -0.610. The van der Waals surface area contributed by atoms with Crippen LogP contribution in [0, 0.1) is 6.92 Å². The zero-order valence-corrected chi connectivity index (χ0v) is 22.6. The summed E-state index contributed by atoms with van der Waals surface area (Å²) in [6.45, 7) is 10.1. The van der Waals surface area contributed by atoms with Crippen molar-refractivity contribution in [2.45, 2.75) is 56.4 Å². The van der Waals surface area contributed by atoms with Crippen LogP contribution in [-0.2, 0) is 28.4 Å². The third-order valence-electron chi connectivity index (χ3n) is 7.01. The number of hydrogen-bond donors (Lipinski definition) is 1. The average molecular weight is 510 g/mol. The summed E-state index contributed by atoms with van der Waals surface area (Å²) >= 11 is 0. The molecule has 0 unspecified atom stereocenters. The van der Waals surface area contributed by atoms with Crippen molar-refractivity contribution < 1.29 is 14.1 Å². The van der Waals surface area contributed by atoms with Gasteiger partial charge < -0.3 is 9.30 Å². The first-order valence-electron chi connectivity index (χ1n) is 11.4. The number of aryl methyl sites for hydroxylation is 1. The molecular formula is C25H29N6O2S2+. The normalized spacial score (nSPS) is 16.1. The van der Waals surface area contributed by atoms with Crippen LogP contribution in [-0.4, -0.2) is 37.6 Å². The van der Waals surface area contributed by atoms with Crippen molar-refractivity contribution in [2.75, 3.05) is 7.11 Å². The van der Waals surface area contributed by atoms with Crippen LogP contribution < -0.4 is 9.30 Å². The number of H-pyrrole nitrogens is 1. The van der Waals surface area contributed by atoms with E-state index in [-0.39, 0.29) is 5.78 Å². The Balaban J connectivity index is 1.56. The number of fused-ring (bicyclic) bond motifs is 2. The van der Waals surface area contributed by atoms with E-state index in [4.69, 9.17) is 9.72 Å². The van der Waals surface area contributed by atoms with Crippen molar-refractivity contribution in [3.8, 4) is 11.7 Å². The summed E-state index contributed by atoms with van der Waals surface area (Å²) in [6, 6.07) is 6.13. The highest BCUT2D eigenvalue weighted by Crippen LogP contribution is 2.47. The van der Waals surface area contributed by atoms with E-state index in [0.717, 1.165) is 50.3 Å². The van der Waals surface area contributed by atoms with Gasteiger partial charge in [-0.2, -0.15) is 0 Å². The Morgan fingerprint density at radius 1 is 1.17 bits per heavy atom. The fraction of sp³-hybridized carbons (Fsp3) is 0.400. The van der Waals surface area contributed by atoms with Crippen LogP contribution in [0.4, 0.5) is 0 Å². The van der Waals surface area contributed by atoms with E-state index < -0.39 is 10.8 Å². The average Bonchev–Trinajstić information content (AvgIpc) is 3.46. The molecular weight excluding hydrogens is 480 g/mol. The largest absolute Gasteiger partial charge is 0.496 e. The molecule has 4 aromatic rings. The van der Waals surface area contributed by atoms with Crippen molar-refractivity contribution in [1.82, 2.24) is 24.7 Å². The van der Waals surface area contributed by atoms with Gasteiger partial charge in [-0.15, -0.1) is 10.2 Å². The highest BCUT2D eigenvalue weighted by Gasteiger charge is 2.50. The van der Waals surface area contributed by atoms with Crippen molar-refractivity contribution in [3.63, 3.8) is 0 Å². The van der Waals surface area contributed by atoms with Gasteiger partial charge in [0.15, 0.2) is 11.3 Å². The smallest absolute Gasteiger partial charge is 0.402 e. The molecule has 182 valence electrons. The van der Waals surface area contributed by atoms with Gasteiger partial charge in [-0.25, -0.2) is 9.55 Å². The Morgan fingerprint density at radius 2 is 1.89 bits per heavy atom.